The van der Waals surface area contributed by atoms with Gasteiger partial charge in [0.1, 0.15) is 0 Å². The van der Waals surface area contributed by atoms with E-state index in [4.69, 9.17) is 5.73 Å². The topological polar surface area (TPSA) is 59.1 Å². The predicted octanol–water partition coefficient (Wildman–Crippen LogP) is 1.45. The van der Waals surface area contributed by atoms with E-state index in [0.717, 1.165) is 31.4 Å². The third kappa shape index (κ3) is 1.61. The van der Waals surface area contributed by atoms with Crippen LogP contribution in [0.5, 0.6) is 0 Å². The minimum absolute atomic E-state index is 0.304. The third-order valence-corrected chi connectivity index (χ3v) is 3.40. The van der Waals surface area contributed by atoms with E-state index in [1.807, 2.05) is 11.4 Å². The van der Waals surface area contributed by atoms with E-state index < -0.39 is 5.60 Å². The molecule has 2 rings (SSSR count). The molecular weight excluding hydrogens is 184 g/mol. The van der Waals surface area contributed by atoms with Crippen LogP contribution in [0, 0.1) is 0 Å². The molecule has 1 heterocycles. The van der Waals surface area contributed by atoms with Crippen LogP contribution in [0.1, 0.15) is 37.4 Å². The number of rotatable bonds is 2. The highest BCUT2D eigenvalue weighted by Gasteiger charge is 2.38. The second kappa shape index (κ2) is 3.36. The number of nitrogens with two attached hydrogens (primary N) is 1. The van der Waals surface area contributed by atoms with E-state index in [9.17, 15) is 5.11 Å². The van der Waals surface area contributed by atoms with Gasteiger partial charge < -0.3 is 10.8 Å². The molecule has 0 amide bonds. The van der Waals surface area contributed by atoms with E-state index in [2.05, 4.69) is 4.37 Å². The average Bonchev–Trinajstić information content (AvgIpc) is 2.73. The summed E-state index contributed by atoms with van der Waals surface area (Å²) in [6, 6.07) is 1.59. The molecule has 1 aliphatic carbocycles. The highest BCUT2D eigenvalue weighted by atomic mass is 32.1. The maximum Gasteiger partial charge on any atom is 0.0855 e. The molecule has 13 heavy (non-hydrogen) atoms. The lowest BCUT2D eigenvalue weighted by molar-refractivity contribution is 0.0193. The van der Waals surface area contributed by atoms with Crippen LogP contribution < -0.4 is 5.73 Å². The van der Waals surface area contributed by atoms with Gasteiger partial charge in [-0.1, -0.05) is 12.8 Å². The lowest BCUT2D eigenvalue weighted by Crippen LogP contribution is -2.38. The summed E-state index contributed by atoms with van der Waals surface area (Å²) in [7, 11) is 0. The van der Waals surface area contributed by atoms with E-state index >= 15 is 0 Å². The summed E-state index contributed by atoms with van der Waals surface area (Å²) in [5.74, 6) is 0. The van der Waals surface area contributed by atoms with Crippen molar-refractivity contribution < 1.29 is 5.11 Å². The smallest absolute Gasteiger partial charge is 0.0855 e. The van der Waals surface area contributed by atoms with Crippen LogP contribution in [0.15, 0.2) is 11.4 Å². The lowest BCUT2D eigenvalue weighted by atomic mass is 9.91. The van der Waals surface area contributed by atoms with Gasteiger partial charge in [0.05, 0.1) is 17.3 Å². The van der Waals surface area contributed by atoms with Crippen molar-refractivity contribution >= 4 is 11.5 Å². The second-order valence-electron chi connectivity index (χ2n) is 3.71. The largest absolute Gasteiger partial charge is 0.388 e. The summed E-state index contributed by atoms with van der Waals surface area (Å²) < 4.78 is 4.16. The molecule has 0 aliphatic heterocycles. The fraction of sp³-hybridized carbons (Fsp3) is 0.667. The Morgan fingerprint density at radius 2 is 2.23 bits per heavy atom. The molecule has 0 saturated heterocycles. The van der Waals surface area contributed by atoms with Gasteiger partial charge in [0, 0.05) is 5.38 Å². The Morgan fingerprint density at radius 3 is 2.77 bits per heavy atom. The number of nitrogens with zero attached hydrogens (tertiary/aromatic N) is 1. The van der Waals surface area contributed by atoms with E-state index in [0.29, 0.717) is 0 Å². The molecule has 1 saturated carbocycles. The number of hydrogen-bond donors (Lipinski definition) is 2. The zero-order chi connectivity index (χ0) is 9.31. The molecule has 1 aromatic heterocycles. The molecule has 72 valence electrons. The van der Waals surface area contributed by atoms with Gasteiger partial charge in [0.2, 0.25) is 0 Å². The minimum Gasteiger partial charge on any atom is -0.388 e. The first-order chi connectivity index (χ1) is 6.22. The zero-order valence-electron chi connectivity index (χ0n) is 7.44. The van der Waals surface area contributed by atoms with Crippen LogP contribution in [0.25, 0.3) is 0 Å². The Morgan fingerprint density at radius 1 is 1.54 bits per heavy atom. The van der Waals surface area contributed by atoms with Crippen LogP contribution in [0.2, 0.25) is 0 Å². The first kappa shape index (κ1) is 9.12. The normalized spacial score (nSPS) is 23.2. The maximum atomic E-state index is 10.2. The van der Waals surface area contributed by atoms with Crippen LogP contribution in [0.3, 0.4) is 0 Å². The van der Waals surface area contributed by atoms with E-state index in [-0.39, 0.29) is 6.04 Å². The molecule has 1 aromatic rings. The van der Waals surface area contributed by atoms with Gasteiger partial charge in [-0.2, -0.15) is 4.37 Å². The van der Waals surface area contributed by atoms with Gasteiger partial charge in [-0.3, -0.25) is 0 Å². The van der Waals surface area contributed by atoms with Gasteiger partial charge in [0.15, 0.2) is 0 Å². The van der Waals surface area contributed by atoms with Gasteiger partial charge in [-0.25, -0.2) is 0 Å². The molecule has 0 aromatic carbocycles. The molecule has 0 spiro atoms. The number of aliphatic hydroxyl groups is 1. The molecule has 0 bridgehead atoms. The molecular formula is C9H14N2OS. The average molecular weight is 198 g/mol. The maximum absolute atomic E-state index is 10.2. The Balaban J connectivity index is 2.16. The van der Waals surface area contributed by atoms with Crippen LogP contribution in [0.4, 0.5) is 0 Å². The van der Waals surface area contributed by atoms with Crippen LogP contribution in [-0.4, -0.2) is 15.1 Å². The van der Waals surface area contributed by atoms with Gasteiger partial charge in [-0.15, -0.1) is 0 Å². The SMILES string of the molecule is NC(c1ccsn1)C1(O)CCCC1. The predicted molar refractivity (Wildman–Crippen MR) is 52.5 cm³/mol. The van der Waals surface area contributed by atoms with Gasteiger partial charge in [-0.05, 0) is 30.4 Å². The first-order valence-electron chi connectivity index (χ1n) is 4.61. The van der Waals surface area contributed by atoms with Crippen molar-refractivity contribution in [2.24, 2.45) is 5.73 Å². The van der Waals surface area contributed by atoms with Crippen molar-refractivity contribution in [1.29, 1.82) is 0 Å². The first-order valence-corrected chi connectivity index (χ1v) is 5.44. The quantitative estimate of drug-likeness (QED) is 0.756. The van der Waals surface area contributed by atoms with Crippen molar-refractivity contribution in [1.82, 2.24) is 4.37 Å². The molecule has 4 heteroatoms. The highest BCUT2D eigenvalue weighted by Crippen LogP contribution is 2.37. The standard InChI is InChI=1S/C9H14N2OS/c10-8(7-3-6-13-11-7)9(12)4-1-2-5-9/h3,6,8,12H,1-2,4-5,10H2. The van der Waals surface area contributed by atoms with Crippen molar-refractivity contribution in [2.45, 2.75) is 37.3 Å². The molecule has 1 unspecified atom stereocenters. The number of hydrogen-bond acceptors (Lipinski definition) is 4. The van der Waals surface area contributed by atoms with Crippen molar-refractivity contribution in [3.05, 3.63) is 17.1 Å². The summed E-state index contributed by atoms with van der Waals surface area (Å²) in [5, 5.41) is 12.1. The number of aromatic nitrogens is 1. The monoisotopic (exact) mass is 198 g/mol. The Labute approximate surface area is 81.8 Å². The fourth-order valence-electron chi connectivity index (χ4n) is 1.96. The summed E-state index contributed by atoms with van der Waals surface area (Å²) >= 11 is 1.38. The lowest BCUT2D eigenvalue weighted by Gasteiger charge is -2.28. The Kier molecular flexibility index (Phi) is 2.36. The van der Waals surface area contributed by atoms with Gasteiger partial charge in [0.25, 0.3) is 0 Å². The minimum atomic E-state index is -0.700. The zero-order valence-corrected chi connectivity index (χ0v) is 8.26. The summed E-state index contributed by atoms with van der Waals surface area (Å²) in [6.45, 7) is 0. The molecule has 0 radical (unpaired) electrons. The molecule has 3 N–H and O–H groups in total. The van der Waals surface area contributed by atoms with Gasteiger partial charge >= 0.3 is 0 Å². The van der Waals surface area contributed by atoms with Crippen LogP contribution >= 0.6 is 11.5 Å². The Bertz CT molecular complexity index is 267. The van der Waals surface area contributed by atoms with Crippen molar-refractivity contribution in [3.63, 3.8) is 0 Å². The third-order valence-electron chi connectivity index (χ3n) is 2.82. The Hall–Kier alpha value is -0.450. The van der Waals surface area contributed by atoms with Crippen LogP contribution in [-0.2, 0) is 0 Å². The molecule has 1 aliphatic rings. The van der Waals surface area contributed by atoms with Crippen molar-refractivity contribution in [3.8, 4) is 0 Å². The van der Waals surface area contributed by atoms with Crippen molar-refractivity contribution in [2.75, 3.05) is 0 Å². The molecule has 1 atom stereocenters. The van der Waals surface area contributed by atoms with E-state index in [1.165, 1.54) is 11.5 Å². The highest BCUT2D eigenvalue weighted by molar-refractivity contribution is 7.03. The molecule has 1 fully saturated rings. The summed E-state index contributed by atoms with van der Waals surface area (Å²) in [5.41, 5.74) is 6.10. The molecule has 3 nitrogen and oxygen atoms in total. The second-order valence-corrected chi connectivity index (χ2v) is 4.38. The summed E-state index contributed by atoms with van der Waals surface area (Å²) in [6.07, 6.45) is 3.78. The van der Waals surface area contributed by atoms with E-state index in [1.54, 1.807) is 0 Å². The fourth-order valence-corrected chi connectivity index (χ4v) is 2.51. The summed E-state index contributed by atoms with van der Waals surface area (Å²) in [4.78, 5) is 0.